The normalized spacial score (nSPS) is 10.6. The van der Waals surface area contributed by atoms with Gasteiger partial charge in [0.25, 0.3) is 0 Å². The summed E-state index contributed by atoms with van der Waals surface area (Å²) >= 11 is 1.16. The molecule has 0 spiro atoms. The fraction of sp³-hybridized carbons (Fsp3) is 0.250. The number of aromatic nitrogens is 3. The lowest BCUT2D eigenvalue weighted by Crippen LogP contribution is -2.03. The molecule has 0 unspecified atom stereocenters. The first-order valence-corrected chi connectivity index (χ1v) is 6.39. The number of thioether (sulfide) groups is 1. The molecular formula is C12H13N3O2S. The van der Waals surface area contributed by atoms with E-state index in [4.69, 9.17) is 5.11 Å². The number of aryl methyl sites for hydroxylation is 1. The van der Waals surface area contributed by atoms with Crippen molar-refractivity contribution in [2.24, 2.45) is 0 Å². The largest absolute Gasteiger partial charge is 0.481 e. The van der Waals surface area contributed by atoms with Crippen LogP contribution < -0.4 is 0 Å². The molecule has 0 saturated carbocycles. The van der Waals surface area contributed by atoms with Crippen molar-refractivity contribution in [2.75, 3.05) is 5.75 Å². The van der Waals surface area contributed by atoms with Crippen LogP contribution in [-0.2, 0) is 4.79 Å². The summed E-state index contributed by atoms with van der Waals surface area (Å²) in [4.78, 5) is 10.6. The lowest BCUT2D eigenvalue weighted by Gasteiger charge is -2.10. The standard InChI is InChI=1S/C12H13N3O2S/c1-8-4-3-5-10(9(8)2)15-7-13-14-12(15)18-6-11(16)17/h3-5,7H,6H2,1-2H3,(H,16,17). The van der Waals surface area contributed by atoms with Crippen LogP contribution in [0.2, 0.25) is 0 Å². The van der Waals surface area contributed by atoms with Crippen molar-refractivity contribution < 1.29 is 9.90 Å². The number of hydrogen-bond acceptors (Lipinski definition) is 4. The number of carbonyl (C=O) groups is 1. The van der Waals surface area contributed by atoms with E-state index < -0.39 is 5.97 Å². The quantitative estimate of drug-likeness (QED) is 0.855. The van der Waals surface area contributed by atoms with Crippen molar-refractivity contribution in [1.29, 1.82) is 0 Å². The van der Waals surface area contributed by atoms with Crippen molar-refractivity contribution in [2.45, 2.75) is 19.0 Å². The maximum absolute atomic E-state index is 10.6. The number of benzene rings is 1. The molecule has 0 radical (unpaired) electrons. The first-order valence-electron chi connectivity index (χ1n) is 5.41. The van der Waals surface area contributed by atoms with Crippen molar-refractivity contribution in [3.63, 3.8) is 0 Å². The van der Waals surface area contributed by atoms with Gasteiger partial charge in [-0.3, -0.25) is 9.36 Å². The van der Waals surface area contributed by atoms with E-state index in [9.17, 15) is 4.79 Å². The highest BCUT2D eigenvalue weighted by Gasteiger charge is 2.11. The Morgan fingerprint density at radius 1 is 1.44 bits per heavy atom. The van der Waals surface area contributed by atoms with Gasteiger partial charge in [-0.25, -0.2) is 0 Å². The summed E-state index contributed by atoms with van der Waals surface area (Å²) in [7, 11) is 0. The van der Waals surface area contributed by atoms with Crippen molar-refractivity contribution >= 4 is 17.7 Å². The van der Waals surface area contributed by atoms with Crippen LogP contribution in [0.25, 0.3) is 5.69 Å². The molecule has 0 amide bonds. The Balaban J connectivity index is 2.36. The first kappa shape index (κ1) is 12.6. The fourth-order valence-corrected chi connectivity index (χ4v) is 2.25. The Morgan fingerprint density at radius 3 is 2.94 bits per heavy atom. The van der Waals surface area contributed by atoms with Gasteiger partial charge in [0.05, 0.1) is 11.4 Å². The van der Waals surface area contributed by atoms with Crippen LogP contribution in [0.3, 0.4) is 0 Å². The number of nitrogens with zero attached hydrogens (tertiary/aromatic N) is 3. The number of aliphatic carboxylic acids is 1. The minimum absolute atomic E-state index is 0.0242. The number of rotatable bonds is 4. The molecular weight excluding hydrogens is 250 g/mol. The van der Waals surface area contributed by atoms with E-state index in [1.54, 1.807) is 6.33 Å². The first-order chi connectivity index (χ1) is 8.59. The summed E-state index contributed by atoms with van der Waals surface area (Å²) in [5, 5.41) is 17.1. The number of carboxylic acids is 1. The third kappa shape index (κ3) is 2.53. The monoisotopic (exact) mass is 263 g/mol. The highest BCUT2D eigenvalue weighted by Crippen LogP contribution is 2.23. The summed E-state index contributed by atoms with van der Waals surface area (Å²) in [5.41, 5.74) is 3.29. The molecule has 0 aliphatic rings. The van der Waals surface area contributed by atoms with Gasteiger partial charge in [-0.1, -0.05) is 23.9 Å². The summed E-state index contributed by atoms with van der Waals surface area (Å²) in [5.74, 6) is -0.890. The van der Waals surface area contributed by atoms with Gasteiger partial charge >= 0.3 is 5.97 Å². The average Bonchev–Trinajstić information content (AvgIpc) is 2.78. The molecule has 0 aliphatic carbocycles. The molecule has 18 heavy (non-hydrogen) atoms. The van der Waals surface area contributed by atoms with Crippen LogP contribution in [-0.4, -0.2) is 31.6 Å². The smallest absolute Gasteiger partial charge is 0.313 e. The van der Waals surface area contributed by atoms with Crippen molar-refractivity contribution in [3.8, 4) is 5.69 Å². The Kier molecular flexibility index (Phi) is 3.66. The molecule has 94 valence electrons. The summed E-state index contributed by atoms with van der Waals surface area (Å²) in [6, 6.07) is 5.97. The number of hydrogen-bond donors (Lipinski definition) is 1. The molecule has 1 aromatic heterocycles. The topological polar surface area (TPSA) is 68.0 Å². The van der Waals surface area contributed by atoms with Gasteiger partial charge in [-0.15, -0.1) is 10.2 Å². The summed E-state index contributed by atoms with van der Waals surface area (Å²) in [6.07, 6.45) is 1.60. The predicted molar refractivity (Wildman–Crippen MR) is 69.2 cm³/mol. The molecule has 0 fully saturated rings. The Labute approximate surface area is 109 Å². The Hall–Kier alpha value is -1.82. The van der Waals surface area contributed by atoms with Gasteiger partial charge in [0, 0.05) is 0 Å². The zero-order chi connectivity index (χ0) is 13.1. The molecule has 1 N–H and O–H groups in total. The average molecular weight is 263 g/mol. The van der Waals surface area contributed by atoms with Gasteiger partial charge in [0.15, 0.2) is 5.16 Å². The zero-order valence-electron chi connectivity index (χ0n) is 10.1. The van der Waals surface area contributed by atoms with Crippen LogP contribution in [0.15, 0.2) is 29.7 Å². The van der Waals surface area contributed by atoms with Gasteiger partial charge in [-0.05, 0) is 31.0 Å². The van der Waals surface area contributed by atoms with Gasteiger partial charge < -0.3 is 5.11 Å². The van der Waals surface area contributed by atoms with Gasteiger partial charge in [0.2, 0.25) is 0 Å². The van der Waals surface area contributed by atoms with Crippen LogP contribution in [0, 0.1) is 13.8 Å². The lowest BCUT2D eigenvalue weighted by molar-refractivity contribution is -0.133. The van der Waals surface area contributed by atoms with Gasteiger partial charge in [0.1, 0.15) is 6.33 Å². The molecule has 1 heterocycles. The van der Waals surface area contributed by atoms with E-state index in [1.807, 2.05) is 36.6 Å². The van der Waals surface area contributed by atoms with Crippen molar-refractivity contribution in [3.05, 3.63) is 35.7 Å². The van der Waals surface area contributed by atoms with Crippen LogP contribution in [0.4, 0.5) is 0 Å². The second-order valence-electron chi connectivity index (χ2n) is 3.88. The third-order valence-corrected chi connectivity index (χ3v) is 3.60. The maximum atomic E-state index is 10.6. The Bertz CT molecular complexity index is 580. The lowest BCUT2D eigenvalue weighted by atomic mass is 10.1. The minimum Gasteiger partial charge on any atom is -0.481 e. The molecule has 0 saturated heterocycles. The van der Waals surface area contributed by atoms with E-state index in [2.05, 4.69) is 10.2 Å². The molecule has 5 nitrogen and oxygen atoms in total. The second-order valence-corrected chi connectivity index (χ2v) is 4.83. The van der Waals surface area contributed by atoms with E-state index in [-0.39, 0.29) is 5.75 Å². The van der Waals surface area contributed by atoms with Crippen LogP contribution in [0.1, 0.15) is 11.1 Å². The maximum Gasteiger partial charge on any atom is 0.313 e. The highest BCUT2D eigenvalue weighted by molar-refractivity contribution is 7.99. The van der Waals surface area contributed by atoms with E-state index in [0.717, 1.165) is 23.0 Å². The third-order valence-electron chi connectivity index (χ3n) is 2.68. The zero-order valence-corrected chi connectivity index (χ0v) is 10.9. The molecule has 0 atom stereocenters. The molecule has 0 bridgehead atoms. The highest BCUT2D eigenvalue weighted by atomic mass is 32.2. The summed E-state index contributed by atoms with van der Waals surface area (Å²) < 4.78 is 1.82. The molecule has 2 aromatic rings. The van der Waals surface area contributed by atoms with Crippen LogP contribution >= 0.6 is 11.8 Å². The fourth-order valence-electron chi connectivity index (χ4n) is 1.61. The minimum atomic E-state index is -0.865. The SMILES string of the molecule is Cc1cccc(-n2cnnc2SCC(=O)O)c1C. The molecule has 0 aliphatic heterocycles. The van der Waals surface area contributed by atoms with E-state index in [0.29, 0.717) is 5.16 Å². The van der Waals surface area contributed by atoms with E-state index in [1.165, 1.54) is 5.56 Å². The molecule has 6 heteroatoms. The molecule has 2 rings (SSSR count). The van der Waals surface area contributed by atoms with Crippen molar-refractivity contribution in [1.82, 2.24) is 14.8 Å². The number of carboxylic acid groups (broad SMARTS) is 1. The van der Waals surface area contributed by atoms with Crippen LogP contribution in [0.5, 0.6) is 0 Å². The second kappa shape index (κ2) is 5.22. The van der Waals surface area contributed by atoms with E-state index >= 15 is 0 Å². The Morgan fingerprint density at radius 2 is 2.22 bits per heavy atom. The summed E-state index contributed by atoms with van der Waals surface area (Å²) in [6.45, 7) is 4.06. The predicted octanol–water partition coefficient (Wildman–Crippen LogP) is 2.06. The molecule has 1 aromatic carbocycles. The van der Waals surface area contributed by atoms with Gasteiger partial charge in [-0.2, -0.15) is 0 Å².